The zero-order valence-corrected chi connectivity index (χ0v) is 14.8. The van der Waals surface area contributed by atoms with E-state index in [1.807, 2.05) is 31.2 Å². The second-order valence-corrected chi connectivity index (χ2v) is 7.91. The number of nitrogens with one attached hydrogen (secondary N) is 1. The summed E-state index contributed by atoms with van der Waals surface area (Å²) in [4.78, 5) is 13.9. The molecule has 1 aromatic rings. The van der Waals surface area contributed by atoms with E-state index in [-0.39, 0.29) is 16.5 Å². The Morgan fingerprint density at radius 1 is 1.26 bits per heavy atom. The Labute approximate surface area is 146 Å². The van der Waals surface area contributed by atoms with Crippen molar-refractivity contribution < 1.29 is 9.90 Å². The topological polar surface area (TPSA) is 52.6 Å². The van der Waals surface area contributed by atoms with Gasteiger partial charge in [0.05, 0.1) is 5.25 Å². The second-order valence-electron chi connectivity index (χ2n) is 6.38. The first-order chi connectivity index (χ1) is 11.1. The normalized spacial score (nSPS) is 27.4. The Hall–Kier alpha value is -0.750. The minimum Gasteiger partial charge on any atom is -0.361 e. The third-order valence-electron chi connectivity index (χ3n) is 4.77. The Kier molecular flexibility index (Phi) is 5.52. The number of amides is 1. The molecule has 0 spiro atoms. The van der Waals surface area contributed by atoms with Gasteiger partial charge in [-0.2, -0.15) is 0 Å². The van der Waals surface area contributed by atoms with Gasteiger partial charge in [0, 0.05) is 17.1 Å². The number of aliphatic hydroxyl groups excluding tert-OH is 1. The molecule has 1 heterocycles. The molecule has 2 aliphatic rings. The summed E-state index contributed by atoms with van der Waals surface area (Å²) in [5.41, 5.74) is 1.06. The molecule has 126 valence electrons. The van der Waals surface area contributed by atoms with E-state index in [0.717, 1.165) is 18.4 Å². The van der Waals surface area contributed by atoms with Crippen molar-refractivity contribution in [2.75, 3.05) is 0 Å². The predicted molar refractivity (Wildman–Crippen MR) is 94.5 cm³/mol. The maximum absolute atomic E-state index is 12.4. The Morgan fingerprint density at radius 2 is 1.91 bits per heavy atom. The van der Waals surface area contributed by atoms with Gasteiger partial charge in [0.2, 0.25) is 0 Å². The summed E-state index contributed by atoms with van der Waals surface area (Å²) in [5, 5.41) is 14.4. The molecule has 6 heteroatoms. The van der Waals surface area contributed by atoms with Crippen LogP contribution in [0.1, 0.15) is 49.8 Å². The van der Waals surface area contributed by atoms with E-state index in [9.17, 15) is 9.90 Å². The van der Waals surface area contributed by atoms with Crippen molar-refractivity contribution in [3.05, 3.63) is 34.9 Å². The van der Waals surface area contributed by atoms with Crippen LogP contribution in [0.4, 0.5) is 4.79 Å². The number of carbonyl (C=O) groups is 1. The largest absolute Gasteiger partial charge is 0.361 e. The molecule has 1 saturated carbocycles. The summed E-state index contributed by atoms with van der Waals surface area (Å²) in [6, 6.07) is 7.82. The smallest absolute Gasteiger partial charge is 0.285 e. The van der Waals surface area contributed by atoms with Gasteiger partial charge in [-0.25, -0.2) is 0 Å². The first kappa shape index (κ1) is 17.1. The highest BCUT2D eigenvalue weighted by Crippen LogP contribution is 2.43. The van der Waals surface area contributed by atoms with Crippen LogP contribution >= 0.6 is 23.4 Å². The van der Waals surface area contributed by atoms with Crippen molar-refractivity contribution in [2.24, 2.45) is 0 Å². The summed E-state index contributed by atoms with van der Waals surface area (Å²) in [6.07, 6.45) is 4.88. The predicted octanol–water partition coefficient (Wildman–Crippen LogP) is 4.14. The third kappa shape index (κ3) is 3.85. The van der Waals surface area contributed by atoms with Crippen LogP contribution in [0.3, 0.4) is 0 Å². The first-order valence-electron chi connectivity index (χ1n) is 8.25. The van der Waals surface area contributed by atoms with Gasteiger partial charge in [0.25, 0.3) is 5.24 Å². The molecule has 23 heavy (non-hydrogen) atoms. The van der Waals surface area contributed by atoms with E-state index < -0.39 is 6.35 Å². The van der Waals surface area contributed by atoms with Gasteiger partial charge in [0.1, 0.15) is 0 Å². The fraction of sp³-hybridized carbons (Fsp3) is 0.588. The lowest BCUT2D eigenvalue weighted by Crippen LogP contribution is -2.52. The number of benzene rings is 1. The van der Waals surface area contributed by atoms with Crippen LogP contribution in [0.25, 0.3) is 0 Å². The molecule has 2 fully saturated rings. The van der Waals surface area contributed by atoms with Gasteiger partial charge >= 0.3 is 0 Å². The van der Waals surface area contributed by atoms with Crippen LogP contribution < -0.4 is 5.32 Å². The van der Waals surface area contributed by atoms with Crippen LogP contribution in [0.2, 0.25) is 5.02 Å². The molecule has 3 atom stereocenters. The number of thioether (sulfide) groups is 1. The third-order valence-corrected chi connectivity index (χ3v) is 6.35. The molecule has 3 rings (SSSR count). The van der Waals surface area contributed by atoms with Crippen LogP contribution in [0, 0.1) is 0 Å². The molecule has 1 saturated heterocycles. The number of hydrogen-bond donors (Lipinski definition) is 2. The van der Waals surface area contributed by atoms with Crippen molar-refractivity contribution in [3.8, 4) is 0 Å². The quantitative estimate of drug-likeness (QED) is 0.798. The van der Waals surface area contributed by atoms with Crippen LogP contribution in [-0.4, -0.2) is 33.7 Å². The summed E-state index contributed by atoms with van der Waals surface area (Å²) in [6.45, 7) is 1.99. The Balaban J connectivity index is 1.67. The van der Waals surface area contributed by atoms with E-state index in [2.05, 4.69) is 5.32 Å². The van der Waals surface area contributed by atoms with Crippen LogP contribution in [-0.2, 0) is 0 Å². The van der Waals surface area contributed by atoms with Gasteiger partial charge in [-0.05, 0) is 37.5 Å². The van der Waals surface area contributed by atoms with E-state index in [1.165, 1.54) is 31.0 Å². The van der Waals surface area contributed by atoms with Crippen molar-refractivity contribution in [3.63, 3.8) is 0 Å². The monoisotopic (exact) mass is 354 g/mol. The number of rotatable bonds is 4. The molecule has 2 N–H and O–H groups in total. The molecule has 1 aromatic carbocycles. The average Bonchev–Trinajstić information content (AvgIpc) is 2.84. The van der Waals surface area contributed by atoms with Gasteiger partial charge in [-0.3, -0.25) is 15.0 Å². The standard InChI is InChI=1S/C17H23ClN2O2S/c1-11-15(12-7-9-13(18)10-8-12)23-17(22)20(11)16(21)19-14-5-3-2-4-6-14/h7-11,14-16,19,21H,2-6H2,1H3. The molecule has 3 unspecified atom stereocenters. The molecule has 0 bridgehead atoms. The number of carbonyl (C=O) groups excluding carboxylic acids is 1. The second kappa shape index (κ2) is 7.43. The molecule has 1 aliphatic carbocycles. The van der Waals surface area contributed by atoms with E-state index >= 15 is 0 Å². The maximum atomic E-state index is 12.4. The zero-order valence-electron chi connectivity index (χ0n) is 13.2. The SMILES string of the molecule is CC1C(c2ccc(Cl)cc2)SC(=O)N1C(O)NC1CCCCC1. The number of nitrogens with zero attached hydrogens (tertiary/aromatic N) is 1. The summed E-state index contributed by atoms with van der Waals surface area (Å²) in [5.74, 6) is 0. The lowest BCUT2D eigenvalue weighted by molar-refractivity contribution is -0.0152. The van der Waals surface area contributed by atoms with E-state index in [4.69, 9.17) is 11.6 Å². The highest BCUT2D eigenvalue weighted by Gasteiger charge is 2.42. The Bertz CT molecular complexity index is 548. The average molecular weight is 355 g/mol. The summed E-state index contributed by atoms with van der Waals surface area (Å²) >= 11 is 7.21. The summed E-state index contributed by atoms with van der Waals surface area (Å²) < 4.78 is 0. The van der Waals surface area contributed by atoms with Crippen LogP contribution in [0.5, 0.6) is 0 Å². The van der Waals surface area contributed by atoms with Crippen molar-refractivity contribution >= 4 is 28.6 Å². The number of aliphatic hydroxyl groups is 1. The van der Waals surface area contributed by atoms with E-state index in [0.29, 0.717) is 11.1 Å². The fourth-order valence-corrected chi connectivity index (χ4v) is 4.81. The first-order valence-corrected chi connectivity index (χ1v) is 9.50. The highest BCUT2D eigenvalue weighted by molar-refractivity contribution is 8.14. The lowest BCUT2D eigenvalue weighted by atomic mass is 9.95. The number of halogens is 1. The minimum atomic E-state index is -0.912. The molecule has 1 amide bonds. The number of hydrogen-bond acceptors (Lipinski definition) is 4. The van der Waals surface area contributed by atoms with E-state index in [1.54, 1.807) is 4.90 Å². The Morgan fingerprint density at radius 3 is 2.57 bits per heavy atom. The van der Waals surface area contributed by atoms with Gasteiger partial charge in [0.15, 0.2) is 6.35 Å². The molecule has 4 nitrogen and oxygen atoms in total. The maximum Gasteiger partial charge on any atom is 0.285 e. The van der Waals surface area contributed by atoms with Crippen molar-refractivity contribution in [1.29, 1.82) is 0 Å². The highest BCUT2D eigenvalue weighted by atomic mass is 35.5. The molecular weight excluding hydrogens is 332 g/mol. The molecule has 0 aromatic heterocycles. The van der Waals surface area contributed by atoms with Crippen molar-refractivity contribution in [2.45, 2.75) is 62.7 Å². The van der Waals surface area contributed by atoms with Gasteiger partial charge < -0.3 is 5.11 Å². The molecule has 0 radical (unpaired) electrons. The van der Waals surface area contributed by atoms with Crippen LogP contribution in [0.15, 0.2) is 24.3 Å². The molecule has 1 aliphatic heterocycles. The lowest BCUT2D eigenvalue weighted by Gasteiger charge is -2.33. The van der Waals surface area contributed by atoms with Crippen molar-refractivity contribution in [1.82, 2.24) is 10.2 Å². The van der Waals surface area contributed by atoms with Gasteiger partial charge in [-0.1, -0.05) is 54.8 Å². The fourth-order valence-electron chi connectivity index (χ4n) is 3.46. The molecular formula is C17H23ClN2O2S. The summed E-state index contributed by atoms with van der Waals surface area (Å²) in [7, 11) is 0. The van der Waals surface area contributed by atoms with Gasteiger partial charge in [-0.15, -0.1) is 0 Å². The minimum absolute atomic E-state index is 0.0163. The zero-order chi connectivity index (χ0) is 16.4.